The largest absolute Gasteiger partial charge is 0.459 e. The summed E-state index contributed by atoms with van der Waals surface area (Å²) in [6, 6.07) is 15.6. The van der Waals surface area contributed by atoms with E-state index in [0.29, 0.717) is 25.4 Å². The van der Waals surface area contributed by atoms with E-state index in [1.807, 2.05) is 33.9 Å². The van der Waals surface area contributed by atoms with Crippen molar-refractivity contribution in [1.29, 1.82) is 0 Å². The number of benzene rings is 1. The van der Waals surface area contributed by atoms with Gasteiger partial charge in [-0.15, -0.1) is 11.8 Å². The summed E-state index contributed by atoms with van der Waals surface area (Å²) in [5.74, 6) is 0.784. The van der Waals surface area contributed by atoms with Gasteiger partial charge in [0.1, 0.15) is 0 Å². The van der Waals surface area contributed by atoms with Crippen LogP contribution >= 0.6 is 11.8 Å². The van der Waals surface area contributed by atoms with Crippen LogP contribution in [0.5, 0.6) is 0 Å². The van der Waals surface area contributed by atoms with Gasteiger partial charge in [-0.3, -0.25) is 9.59 Å². The first-order valence-electron chi connectivity index (χ1n) is 9.85. The number of rotatable bonds is 3. The minimum absolute atomic E-state index is 0.0639. The van der Waals surface area contributed by atoms with Gasteiger partial charge in [0.05, 0.1) is 6.26 Å². The first-order chi connectivity index (χ1) is 14.1. The Morgan fingerprint density at radius 1 is 1.07 bits per heavy atom. The smallest absolute Gasteiger partial charge is 0.289 e. The molecular weight excluding hydrogens is 384 g/mol. The van der Waals surface area contributed by atoms with Crippen LogP contribution in [0.4, 0.5) is 0 Å². The zero-order valence-corrected chi connectivity index (χ0v) is 17.0. The van der Waals surface area contributed by atoms with E-state index in [1.165, 1.54) is 11.2 Å². The van der Waals surface area contributed by atoms with E-state index >= 15 is 0 Å². The summed E-state index contributed by atoms with van der Waals surface area (Å²) in [6.07, 6.45) is 4.59. The number of amides is 1. The molecule has 5 rings (SSSR count). The van der Waals surface area contributed by atoms with Gasteiger partial charge in [0.25, 0.3) is 11.5 Å². The van der Waals surface area contributed by atoms with Crippen molar-refractivity contribution in [3.05, 3.63) is 76.6 Å². The molecule has 4 heterocycles. The molecule has 3 aromatic rings. The fraction of sp³-hybridized carbons (Fsp3) is 0.304. The average Bonchev–Trinajstić information content (AvgIpc) is 3.29. The molecule has 1 amide bonds. The van der Waals surface area contributed by atoms with Crippen molar-refractivity contribution >= 4 is 17.7 Å². The second-order valence-corrected chi connectivity index (χ2v) is 8.68. The van der Waals surface area contributed by atoms with Crippen molar-refractivity contribution in [2.75, 3.05) is 19.3 Å². The number of carbonyl (C=O) groups is 1. The molecule has 0 spiro atoms. The average molecular weight is 407 g/mol. The summed E-state index contributed by atoms with van der Waals surface area (Å²) in [5.41, 5.74) is 2.80. The van der Waals surface area contributed by atoms with E-state index in [4.69, 9.17) is 4.42 Å². The molecule has 0 aliphatic carbocycles. The standard InChI is InChI=1S/C23H22N2O3S/c1-29-18-6-4-16(5-7-18)19-8-9-20-17-11-15(13-25(20)22(19)26)12-24(14-17)23(27)21-3-2-10-28-21/h2-10,15,17H,11-14H2,1H3. The number of likely N-dealkylation sites (tertiary alicyclic amines) is 1. The minimum atomic E-state index is -0.0639. The van der Waals surface area contributed by atoms with Crippen LogP contribution in [0.1, 0.15) is 28.6 Å². The number of fused-ring (bicyclic) bond motifs is 4. The monoisotopic (exact) mass is 406 g/mol. The predicted molar refractivity (Wildman–Crippen MR) is 113 cm³/mol. The van der Waals surface area contributed by atoms with Crippen molar-refractivity contribution in [3.63, 3.8) is 0 Å². The third kappa shape index (κ3) is 3.21. The molecule has 1 aromatic carbocycles. The highest BCUT2D eigenvalue weighted by molar-refractivity contribution is 7.98. The van der Waals surface area contributed by atoms with Gasteiger partial charge in [-0.05, 0) is 60.6 Å². The molecule has 1 fully saturated rings. The summed E-state index contributed by atoms with van der Waals surface area (Å²) in [4.78, 5) is 29.0. The number of nitrogens with zero attached hydrogens (tertiary/aromatic N) is 2. The quantitative estimate of drug-likeness (QED) is 0.615. The van der Waals surface area contributed by atoms with E-state index in [1.54, 1.807) is 23.9 Å². The van der Waals surface area contributed by atoms with Gasteiger partial charge in [-0.2, -0.15) is 0 Å². The maximum atomic E-state index is 13.3. The van der Waals surface area contributed by atoms with Crippen LogP contribution in [0.25, 0.3) is 11.1 Å². The Balaban J connectivity index is 1.46. The van der Waals surface area contributed by atoms with Crippen LogP contribution in [-0.4, -0.2) is 34.7 Å². The summed E-state index contributed by atoms with van der Waals surface area (Å²) in [7, 11) is 0. The van der Waals surface area contributed by atoms with Gasteiger partial charge in [0.2, 0.25) is 0 Å². The Morgan fingerprint density at radius 3 is 2.62 bits per heavy atom. The molecule has 0 saturated carbocycles. The van der Waals surface area contributed by atoms with Crippen LogP contribution in [0.2, 0.25) is 0 Å². The Labute approximate surface area is 173 Å². The number of thioether (sulfide) groups is 1. The van der Waals surface area contributed by atoms with E-state index in [2.05, 4.69) is 18.2 Å². The zero-order chi connectivity index (χ0) is 20.0. The van der Waals surface area contributed by atoms with Crippen molar-refractivity contribution in [2.24, 2.45) is 5.92 Å². The third-order valence-electron chi connectivity index (χ3n) is 6.02. The van der Waals surface area contributed by atoms with Gasteiger partial charge < -0.3 is 13.9 Å². The SMILES string of the molecule is CSc1ccc(-c2ccc3n(c2=O)CC2CC3CN(C(=O)c3ccco3)C2)cc1. The number of hydrogen-bond donors (Lipinski definition) is 0. The van der Waals surface area contributed by atoms with Crippen molar-refractivity contribution in [3.8, 4) is 11.1 Å². The maximum absolute atomic E-state index is 13.3. The molecule has 1 saturated heterocycles. The topological polar surface area (TPSA) is 55.5 Å². The lowest BCUT2D eigenvalue weighted by Gasteiger charge is -2.42. The number of aromatic nitrogens is 1. The molecule has 2 bridgehead atoms. The lowest BCUT2D eigenvalue weighted by Crippen LogP contribution is -2.49. The normalized spacial score (nSPS) is 20.4. The summed E-state index contributed by atoms with van der Waals surface area (Å²) >= 11 is 1.69. The Hall–Kier alpha value is -2.73. The van der Waals surface area contributed by atoms with E-state index in [9.17, 15) is 9.59 Å². The third-order valence-corrected chi connectivity index (χ3v) is 6.77. The van der Waals surface area contributed by atoms with Crippen molar-refractivity contribution in [1.82, 2.24) is 9.47 Å². The molecule has 2 aliphatic heterocycles. The van der Waals surface area contributed by atoms with Crippen molar-refractivity contribution < 1.29 is 9.21 Å². The highest BCUT2D eigenvalue weighted by atomic mass is 32.2. The number of pyridine rings is 1. The van der Waals surface area contributed by atoms with Crippen LogP contribution in [-0.2, 0) is 6.54 Å². The number of piperidine rings is 1. The van der Waals surface area contributed by atoms with E-state index < -0.39 is 0 Å². The number of hydrogen-bond acceptors (Lipinski definition) is 4. The first-order valence-corrected chi connectivity index (χ1v) is 11.1. The highest BCUT2D eigenvalue weighted by Crippen LogP contribution is 2.36. The predicted octanol–water partition coefficient (Wildman–Crippen LogP) is 4.09. The molecule has 2 unspecified atom stereocenters. The maximum Gasteiger partial charge on any atom is 0.289 e. The number of furan rings is 1. The Bertz CT molecular complexity index is 1100. The van der Waals surface area contributed by atoms with Crippen LogP contribution in [0, 0.1) is 5.92 Å². The van der Waals surface area contributed by atoms with E-state index in [0.717, 1.165) is 23.2 Å². The zero-order valence-electron chi connectivity index (χ0n) is 16.2. The summed E-state index contributed by atoms with van der Waals surface area (Å²) in [6.45, 7) is 1.94. The lowest BCUT2D eigenvalue weighted by molar-refractivity contribution is 0.0564. The molecule has 0 N–H and O–H groups in total. The molecule has 6 heteroatoms. The van der Waals surface area contributed by atoms with Gasteiger partial charge in [0.15, 0.2) is 5.76 Å². The molecular formula is C23H22N2O3S. The second kappa shape index (κ2) is 7.26. The minimum Gasteiger partial charge on any atom is -0.459 e. The Kier molecular flexibility index (Phi) is 4.59. The van der Waals surface area contributed by atoms with Gasteiger partial charge >= 0.3 is 0 Å². The molecule has 2 aliphatic rings. The Morgan fingerprint density at radius 2 is 1.90 bits per heavy atom. The molecule has 5 nitrogen and oxygen atoms in total. The molecule has 148 valence electrons. The molecule has 29 heavy (non-hydrogen) atoms. The summed E-state index contributed by atoms with van der Waals surface area (Å²) < 4.78 is 7.23. The van der Waals surface area contributed by atoms with Crippen molar-refractivity contribution in [2.45, 2.75) is 23.8 Å². The van der Waals surface area contributed by atoms with Gasteiger partial charge in [-0.1, -0.05) is 12.1 Å². The van der Waals surface area contributed by atoms with Crippen LogP contribution in [0.15, 0.2) is 68.9 Å². The van der Waals surface area contributed by atoms with E-state index in [-0.39, 0.29) is 23.3 Å². The van der Waals surface area contributed by atoms with Crippen LogP contribution < -0.4 is 5.56 Å². The fourth-order valence-electron chi connectivity index (χ4n) is 4.66. The lowest BCUT2D eigenvalue weighted by atomic mass is 9.82. The van der Waals surface area contributed by atoms with Crippen LogP contribution in [0.3, 0.4) is 0 Å². The highest BCUT2D eigenvalue weighted by Gasteiger charge is 2.37. The first kappa shape index (κ1) is 18.3. The molecule has 2 aromatic heterocycles. The molecule has 2 atom stereocenters. The number of carbonyl (C=O) groups excluding carboxylic acids is 1. The van der Waals surface area contributed by atoms with Gasteiger partial charge in [0, 0.05) is 41.7 Å². The summed E-state index contributed by atoms with van der Waals surface area (Å²) in [5, 5.41) is 0. The van der Waals surface area contributed by atoms with Gasteiger partial charge in [-0.25, -0.2) is 0 Å². The second-order valence-electron chi connectivity index (χ2n) is 7.80. The molecule has 0 radical (unpaired) electrons. The fourth-order valence-corrected chi connectivity index (χ4v) is 5.07.